The molecule has 2 heterocycles. The smallest absolute Gasteiger partial charge is 0.132 e. The Balaban J connectivity index is 1.88. The molecule has 0 aliphatic carbocycles. The van der Waals surface area contributed by atoms with Crippen LogP contribution in [0.5, 0.6) is 0 Å². The van der Waals surface area contributed by atoms with Gasteiger partial charge in [0, 0.05) is 19.2 Å². The Morgan fingerprint density at radius 3 is 2.68 bits per heavy atom. The van der Waals surface area contributed by atoms with Crippen LogP contribution < -0.4 is 4.90 Å². The molecule has 22 heavy (non-hydrogen) atoms. The van der Waals surface area contributed by atoms with E-state index < -0.39 is 11.7 Å². The number of aliphatic hydroxyl groups is 2. The average Bonchev–Trinajstić information content (AvgIpc) is 2.56. The molecule has 3 atom stereocenters. The summed E-state index contributed by atoms with van der Waals surface area (Å²) in [6, 6.07) is 11.3. The lowest BCUT2D eigenvalue weighted by atomic mass is 9.79. The SMILES string of the molecule is CC(O)C1CC(O)(c2ccccc2)CCN1c1ccncn1. The average molecular weight is 299 g/mol. The van der Waals surface area contributed by atoms with Gasteiger partial charge in [-0.05, 0) is 25.0 Å². The normalized spacial score (nSPS) is 26.7. The van der Waals surface area contributed by atoms with Crippen LogP contribution in [0.15, 0.2) is 48.9 Å². The van der Waals surface area contributed by atoms with Crippen LogP contribution in [-0.2, 0) is 5.60 Å². The lowest BCUT2D eigenvalue weighted by Gasteiger charge is -2.46. The summed E-state index contributed by atoms with van der Waals surface area (Å²) in [5.41, 5.74) is -0.00473. The molecule has 116 valence electrons. The molecule has 1 aromatic heterocycles. The van der Waals surface area contributed by atoms with Gasteiger partial charge in [0.25, 0.3) is 0 Å². The van der Waals surface area contributed by atoms with Crippen molar-refractivity contribution in [1.29, 1.82) is 0 Å². The van der Waals surface area contributed by atoms with Crippen LogP contribution >= 0.6 is 0 Å². The third-order valence-electron chi connectivity index (χ3n) is 4.44. The van der Waals surface area contributed by atoms with E-state index in [2.05, 4.69) is 14.9 Å². The number of anilines is 1. The zero-order valence-electron chi connectivity index (χ0n) is 12.6. The van der Waals surface area contributed by atoms with Gasteiger partial charge < -0.3 is 15.1 Å². The van der Waals surface area contributed by atoms with Gasteiger partial charge in [0.05, 0.1) is 17.7 Å². The van der Waals surface area contributed by atoms with Crippen molar-refractivity contribution < 1.29 is 10.2 Å². The zero-order chi connectivity index (χ0) is 15.6. The first-order valence-electron chi connectivity index (χ1n) is 7.59. The van der Waals surface area contributed by atoms with Crippen LogP contribution in [0.4, 0.5) is 5.82 Å². The molecular weight excluding hydrogens is 278 g/mol. The minimum absolute atomic E-state index is 0.186. The van der Waals surface area contributed by atoms with Crippen molar-refractivity contribution in [3.8, 4) is 0 Å². The van der Waals surface area contributed by atoms with Crippen molar-refractivity contribution in [2.75, 3.05) is 11.4 Å². The van der Waals surface area contributed by atoms with E-state index in [4.69, 9.17) is 0 Å². The molecule has 1 aliphatic heterocycles. The van der Waals surface area contributed by atoms with Gasteiger partial charge in [-0.2, -0.15) is 0 Å². The van der Waals surface area contributed by atoms with Gasteiger partial charge in [-0.1, -0.05) is 30.3 Å². The molecule has 3 unspecified atom stereocenters. The molecule has 0 saturated carbocycles. The quantitative estimate of drug-likeness (QED) is 0.903. The Hall–Kier alpha value is -1.98. The van der Waals surface area contributed by atoms with E-state index in [-0.39, 0.29) is 6.04 Å². The van der Waals surface area contributed by atoms with Crippen molar-refractivity contribution in [3.05, 3.63) is 54.5 Å². The van der Waals surface area contributed by atoms with Crippen molar-refractivity contribution >= 4 is 5.82 Å². The van der Waals surface area contributed by atoms with Gasteiger partial charge in [-0.25, -0.2) is 9.97 Å². The van der Waals surface area contributed by atoms with Crippen molar-refractivity contribution in [2.45, 2.75) is 37.5 Å². The first-order valence-corrected chi connectivity index (χ1v) is 7.59. The molecule has 1 aliphatic rings. The van der Waals surface area contributed by atoms with Crippen LogP contribution in [0, 0.1) is 0 Å². The standard InChI is InChI=1S/C17H21N3O2/c1-13(21)15-11-17(22,14-5-3-2-4-6-14)8-10-20(15)16-7-9-18-12-19-16/h2-7,9,12-13,15,21-22H,8,10-11H2,1H3. The van der Waals surface area contributed by atoms with E-state index in [1.54, 1.807) is 13.1 Å². The van der Waals surface area contributed by atoms with E-state index in [0.717, 1.165) is 11.4 Å². The molecule has 0 bridgehead atoms. The maximum Gasteiger partial charge on any atom is 0.132 e. The van der Waals surface area contributed by atoms with Crippen LogP contribution in [-0.4, -0.2) is 38.9 Å². The number of piperidine rings is 1. The van der Waals surface area contributed by atoms with Crippen molar-refractivity contribution in [3.63, 3.8) is 0 Å². The van der Waals surface area contributed by atoms with Crippen molar-refractivity contribution in [2.24, 2.45) is 0 Å². The fourth-order valence-corrected chi connectivity index (χ4v) is 3.21. The second-order valence-electron chi connectivity index (χ2n) is 5.92. The summed E-state index contributed by atoms with van der Waals surface area (Å²) in [6.45, 7) is 2.40. The highest BCUT2D eigenvalue weighted by Gasteiger charge is 2.41. The number of rotatable bonds is 3. The number of hydrogen-bond donors (Lipinski definition) is 2. The molecule has 1 fully saturated rings. The maximum atomic E-state index is 11.1. The lowest BCUT2D eigenvalue weighted by molar-refractivity contribution is -0.0193. The predicted molar refractivity (Wildman–Crippen MR) is 84.4 cm³/mol. The lowest BCUT2D eigenvalue weighted by Crippen LogP contribution is -2.53. The van der Waals surface area contributed by atoms with E-state index >= 15 is 0 Å². The van der Waals surface area contributed by atoms with Crippen molar-refractivity contribution in [1.82, 2.24) is 9.97 Å². The summed E-state index contributed by atoms with van der Waals surface area (Å²) in [5.74, 6) is 0.788. The molecule has 0 radical (unpaired) electrons. The number of nitrogens with zero attached hydrogens (tertiary/aromatic N) is 3. The number of benzene rings is 1. The summed E-state index contributed by atoms with van der Waals surface area (Å²) in [7, 11) is 0. The number of aliphatic hydroxyl groups excluding tert-OH is 1. The van der Waals surface area contributed by atoms with Gasteiger partial charge in [0.2, 0.25) is 0 Å². The van der Waals surface area contributed by atoms with Crippen LogP contribution in [0.25, 0.3) is 0 Å². The monoisotopic (exact) mass is 299 g/mol. The highest BCUT2D eigenvalue weighted by atomic mass is 16.3. The largest absolute Gasteiger partial charge is 0.391 e. The van der Waals surface area contributed by atoms with E-state index in [9.17, 15) is 10.2 Å². The highest BCUT2D eigenvalue weighted by molar-refractivity contribution is 5.41. The number of hydrogen-bond acceptors (Lipinski definition) is 5. The second kappa shape index (κ2) is 6.02. The second-order valence-corrected chi connectivity index (χ2v) is 5.92. The fourth-order valence-electron chi connectivity index (χ4n) is 3.21. The highest BCUT2D eigenvalue weighted by Crippen LogP contribution is 2.38. The Labute approximate surface area is 130 Å². The molecule has 3 rings (SSSR count). The Kier molecular flexibility index (Phi) is 4.09. The molecule has 0 amide bonds. The predicted octanol–water partition coefficient (Wildman–Crippen LogP) is 1.71. The fraction of sp³-hybridized carbons (Fsp3) is 0.412. The van der Waals surface area contributed by atoms with Gasteiger partial charge in [-0.15, -0.1) is 0 Å². The third-order valence-corrected chi connectivity index (χ3v) is 4.44. The Morgan fingerprint density at radius 1 is 1.27 bits per heavy atom. The summed E-state index contributed by atoms with van der Waals surface area (Å²) in [6.07, 6.45) is 3.71. The molecule has 5 heteroatoms. The molecule has 2 aromatic rings. The van der Waals surface area contributed by atoms with Gasteiger partial charge >= 0.3 is 0 Å². The molecule has 0 spiro atoms. The van der Waals surface area contributed by atoms with E-state index in [0.29, 0.717) is 19.4 Å². The summed E-state index contributed by atoms with van der Waals surface area (Å²) < 4.78 is 0. The molecule has 2 N–H and O–H groups in total. The van der Waals surface area contributed by atoms with Gasteiger partial charge in [-0.3, -0.25) is 0 Å². The van der Waals surface area contributed by atoms with Crippen LogP contribution in [0.3, 0.4) is 0 Å². The van der Waals surface area contributed by atoms with E-state index in [1.165, 1.54) is 6.33 Å². The maximum absolute atomic E-state index is 11.1. The summed E-state index contributed by atoms with van der Waals surface area (Å²) in [5, 5.41) is 21.2. The number of aromatic nitrogens is 2. The molecular formula is C17H21N3O2. The van der Waals surface area contributed by atoms with Crippen LogP contribution in [0.2, 0.25) is 0 Å². The third kappa shape index (κ3) is 2.82. The van der Waals surface area contributed by atoms with E-state index in [1.807, 2.05) is 36.4 Å². The Morgan fingerprint density at radius 2 is 2.05 bits per heavy atom. The van der Waals surface area contributed by atoms with Gasteiger partial charge in [0.1, 0.15) is 12.1 Å². The first-order chi connectivity index (χ1) is 10.6. The molecule has 1 aromatic carbocycles. The minimum Gasteiger partial charge on any atom is -0.391 e. The Bertz CT molecular complexity index is 606. The van der Waals surface area contributed by atoms with Gasteiger partial charge in [0.15, 0.2) is 0 Å². The van der Waals surface area contributed by atoms with Crippen LogP contribution in [0.1, 0.15) is 25.3 Å². The summed E-state index contributed by atoms with van der Waals surface area (Å²) in [4.78, 5) is 10.3. The topological polar surface area (TPSA) is 69.5 Å². The first kappa shape index (κ1) is 14.9. The summed E-state index contributed by atoms with van der Waals surface area (Å²) >= 11 is 0. The molecule has 1 saturated heterocycles. The minimum atomic E-state index is -0.910. The molecule has 5 nitrogen and oxygen atoms in total. The zero-order valence-corrected chi connectivity index (χ0v) is 12.6.